The van der Waals surface area contributed by atoms with Gasteiger partial charge in [0.25, 0.3) is 0 Å². The van der Waals surface area contributed by atoms with E-state index >= 15 is 0 Å². The van der Waals surface area contributed by atoms with Crippen molar-refractivity contribution in [1.82, 2.24) is 15.2 Å². The topological polar surface area (TPSA) is 71.5 Å². The molecule has 1 aliphatic heterocycles. The van der Waals surface area contributed by atoms with Crippen LogP contribution in [0.2, 0.25) is 0 Å². The van der Waals surface area contributed by atoms with Crippen molar-refractivity contribution in [3.05, 3.63) is 30.1 Å². The number of likely N-dealkylation sites (tertiary alicyclic amines) is 1. The Balaban J connectivity index is 2.09. The van der Waals surface area contributed by atoms with Gasteiger partial charge in [0.15, 0.2) is 0 Å². The Morgan fingerprint density at radius 1 is 1.43 bits per heavy atom. The number of carbonyl (C=O) groups excluding carboxylic acids is 2. The van der Waals surface area contributed by atoms with E-state index in [1.807, 2.05) is 18.2 Å². The first-order chi connectivity index (χ1) is 11.1. The Kier molecular flexibility index (Phi) is 6.10. The Morgan fingerprint density at radius 2 is 2.26 bits per heavy atom. The van der Waals surface area contributed by atoms with Gasteiger partial charge < -0.3 is 15.0 Å². The van der Waals surface area contributed by atoms with Crippen LogP contribution in [0.4, 0.5) is 0 Å². The number of rotatable bonds is 7. The average Bonchev–Trinajstić information content (AvgIpc) is 3.00. The van der Waals surface area contributed by atoms with E-state index in [1.54, 1.807) is 18.1 Å². The van der Waals surface area contributed by atoms with Crippen LogP contribution < -0.4 is 5.32 Å². The Hall–Kier alpha value is -1.95. The van der Waals surface area contributed by atoms with Crippen LogP contribution in [0, 0.1) is 0 Å². The van der Waals surface area contributed by atoms with Crippen molar-refractivity contribution in [1.29, 1.82) is 0 Å². The van der Waals surface area contributed by atoms with E-state index in [4.69, 9.17) is 4.74 Å². The molecule has 1 aromatic heterocycles. The van der Waals surface area contributed by atoms with E-state index in [9.17, 15) is 9.59 Å². The van der Waals surface area contributed by atoms with Gasteiger partial charge in [-0.05, 0) is 44.2 Å². The maximum atomic E-state index is 12.5. The third kappa shape index (κ3) is 3.88. The molecule has 0 radical (unpaired) electrons. The van der Waals surface area contributed by atoms with Gasteiger partial charge in [-0.1, -0.05) is 6.07 Å². The van der Waals surface area contributed by atoms with Gasteiger partial charge in [-0.2, -0.15) is 0 Å². The van der Waals surface area contributed by atoms with E-state index in [-0.39, 0.29) is 18.4 Å². The normalized spacial score (nSPS) is 20.5. The van der Waals surface area contributed by atoms with Crippen molar-refractivity contribution >= 4 is 11.8 Å². The molecule has 2 amide bonds. The monoisotopic (exact) mass is 319 g/mol. The molecule has 2 heterocycles. The molecule has 0 spiro atoms. The Morgan fingerprint density at radius 3 is 2.91 bits per heavy atom. The van der Waals surface area contributed by atoms with Crippen LogP contribution in [0.25, 0.3) is 0 Å². The lowest BCUT2D eigenvalue weighted by Gasteiger charge is -2.37. The van der Waals surface area contributed by atoms with Gasteiger partial charge in [0.2, 0.25) is 11.8 Å². The van der Waals surface area contributed by atoms with E-state index in [2.05, 4.69) is 10.3 Å². The molecule has 6 heteroatoms. The highest BCUT2D eigenvalue weighted by Crippen LogP contribution is 2.34. The lowest BCUT2D eigenvalue weighted by Crippen LogP contribution is -2.57. The molecule has 0 bridgehead atoms. The Bertz CT molecular complexity index is 535. The maximum absolute atomic E-state index is 12.5. The molecule has 1 fully saturated rings. The second-order valence-electron chi connectivity index (χ2n) is 5.87. The summed E-state index contributed by atoms with van der Waals surface area (Å²) in [5, 5.41) is 2.73. The number of ether oxygens (including phenoxy) is 1. The largest absolute Gasteiger partial charge is 0.375 e. The predicted octanol–water partition coefficient (Wildman–Crippen LogP) is 1.16. The SMILES string of the molecule is CNC(=O)C1(CCCc2ccccn2)CCCN1C(=O)COC. The maximum Gasteiger partial charge on any atom is 0.249 e. The third-order valence-electron chi connectivity index (χ3n) is 4.46. The molecule has 1 unspecified atom stereocenters. The summed E-state index contributed by atoms with van der Waals surface area (Å²) in [4.78, 5) is 30.9. The van der Waals surface area contributed by atoms with Gasteiger partial charge in [-0.25, -0.2) is 0 Å². The van der Waals surface area contributed by atoms with Crippen LogP contribution in [-0.4, -0.2) is 54.5 Å². The number of aromatic nitrogens is 1. The van der Waals surface area contributed by atoms with Gasteiger partial charge in [-0.3, -0.25) is 14.6 Å². The smallest absolute Gasteiger partial charge is 0.249 e. The summed E-state index contributed by atoms with van der Waals surface area (Å²) in [6.07, 6.45) is 5.55. The molecule has 1 saturated heterocycles. The number of nitrogens with zero attached hydrogens (tertiary/aromatic N) is 2. The number of likely N-dealkylation sites (N-methyl/N-ethyl adjacent to an activating group) is 1. The molecular formula is C17H25N3O3. The van der Waals surface area contributed by atoms with E-state index in [0.717, 1.165) is 25.0 Å². The molecule has 1 atom stereocenters. The summed E-state index contributed by atoms with van der Waals surface area (Å²) < 4.78 is 4.96. The fourth-order valence-corrected chi connectivity index (χ4v) is 3.39. The first-order valence-electron chi connectivity index (χ1n) is 8.05. The van der Waals surface area contributed by atoms with E-state index < -0.39 is 5.54 Å². The lowest BCUT2D eigenvalue weighted by atomic mass is 9.88. The predicted molar refractivity (Wildman–Crippen MR) is 86.8 cm³/mol. The highest BCUT2D eigenvalue weighted by atomic mass is 16.5. The van der Waals surface area contributed by atoms with Crippen molar-refractivity contribution in [3.8, 4) is 0 Å². The zero-order chi connectivity index (χ0) is 16.7. The van der Waals surface area contributed by atoms with Crippen molar-refractivity contribution in [2.45, 2.75) is 37.6 Å². The van der Waals surface area contributed by atoms with Crippen LogP contribution in [0.3, 0.4) is 0 Å². The average molecular weight is 319 g/mol. The minimum absolute atomic E-state index is 0.0129. The molecule has 0 saturated carbocycles. The fraction of sp³-hybridized carbons (Fsp3) is 0.588. The summed E-state index contributed by atoms with van der Waals surface area (Å²) >= 11 is 0. The highest BCUT2D eigenvalue weighted by molar-refractivity contribution is 5.92. The van der Waals surface area contributed by atoms with E-state index in [1.165, 1.54) is 7.11 Å². The number of methoxy groups -OCH3 is 1. The van der Waals surface area contributed by atoms with Gasteiger partial charge >= 0.3 is 0 Å². The molecule has 2 rings (SSSR count). The van der Waals surface area contributed by atoms with Crippen LogP contribution >= 0.6 is 0 Å². The number of aryl methyl sites for hydroxylation is 1. The zero-order valence-electron chi connectivity index (χ0n) is 13.9. The standard InChI is InChI=1S/C17H25N3O3/c1-18-16(22)17(9-5-8-14-7-3-4-11-19-14)10-6-12-20(17)15(21)13-23-2/h3-4,7,11H,5-6,8-10,12-13H2,1-2H3,(H,18,22). The fourth-order valence-electron chi connectivity index (χ4n) is 3.39. The number of amides is 2. The van der Waals surface area contributed by atoms with Crippen LogP contribution in [0.15, 0.2) is 24.4 Å². The first kappa shape index (κ1) is 17.4. The minimum atomic E-state index is -0.751. The first-order valence-corrected chi connectivity index (χ1v) is 8.05. The van der Waals surface area contributed by atoms with Crippen molar-refractivity contribution in [3.63, 3.8) is 0 Å². The quantitative estimate of drug-likeness (QED) is 0.818. The van der Waals surface area contributed by atoms with Crippen molar-refractivity contribution in [2.24, 2.45) is 0 Å². The molecule has 0 aliphatic carbocycles. The second kappa shape index (κ2) is 8.06. The number of hydrogen-bond acceptors (Lipinski definition) is 4. The number of carbonyl (C=O) groups is 2. The molecule has 1 aromatic rings. The molecule has 126 valence electrons. The summed E-state index contributed by atoms with van der Waals surface area (Å²) in [5.74, 6) is -0.202. The summed E-state index contributed by atoms with van der Waals surface area (Å²) in [5.41, 5.74) is 0.256. The zero-order valence-corrected chi connectivity index (χ0v) is 13.9. The lowest BCUT2D eigenvalue weighted by molar-refractivity contribution is -0.147. The number of nitrogens with one attached hydrogen (secondary N) is 1. The molecular weight excluding hydrogens is 294 g/mol. The van der Waals surface area contributed by atoms with Crippen molar-refractivity contribution in [2.75, 3.05) is 27.3 Å². The molecule has 1 N–H and O–H groups in total. The second-order valence-corrected chi connectivity index (χ2v) is 5.87. The van der Waals surface area contributed by atoms with Crippen LogP contribution in [0.1, 0.15) is 31.4 Å². The molecule has 1 aliphatic rings. The number of pyridine rings is 1. The van der Waals surface area contributed by atoms with Gasteiger partial charge in [0.1, 0.15) is 12.1 Å². The molecule has 0 aromatic carbocycles. The van der Waals surface area contributed by atoms with Gasteiger partial charge in [0.05, 0.1) is 0 Å². The van der Waals surface area contributed by atoms with Gasteiger partial charge in [0, 0.05) is 32.6 Å². The van der Waals surface area contributed by atoms with Gasteiger partial charge in [-0.15, -0.1) is 0 Å². The van der Waals surface area contributed by atoms with Crippen LogP contribution in [0.5, 0.6) is 0 Å². The summed E-state index contributed by atoms with van der Waals surface area (Å²) in [7, 11) is 3.12. The molecule has 6 nitrogen and oxygen atoms in total. The Labute approximate surface area is 137 Å². The summed E-state index contributed by atoms with van der Waals surface area (Å²) in [6, 6.07) is 5.83. The third-order valence-corrected chi connectivity index (χ3v) is 4.46. The highest BCUT2D eigenvalue weighted by Gasteiger charge is 2.48. The summed E-state index contributed by atoms with van der Waals surface area (Å²) in [6.45, 7) is 0.623. The molecule has 23 heavy (non-hydrogen) atoms. The van der Waals surface area contributed by atoms with E-state index in [0.29, 0.717) is 19.4 Å². The number of hydrogen-bond donors (Lipinski definition) is 1. The van der Waals surface area contributed by atoms with Crippen molar-refractivity contribution < 1.29 is 14.3 Å². The minimum Gasteiger partial charge on any atom is -0.375 e. The van der Waals surface area contributed by atoms with Crippen LogP contribution in [-0.2, 0) is 20.7 Å².